The van der Waals surface area contributed by atoms with E-state index in [1.54, 1.807) is 18.2 Å². The van der Waals surface area contributed by atoms with Crippen LogP contribution < -0.4 is 5.73 Å². The maximum Gasteiger partial charge on any atom is 0.164 e. The van der Waals surface area contributed by atoms with E-state index in [0.717, 1.165) is 30.5 Å². The summed E-state index contributed by atoms with van der Waals surface area (Å²) in [6.45, 7) is 0. The van der Waals surface area contributed by atoms with Gasteiger partial charge >= 0.3 is 0 Å². The summed E-state index contributed by atoms with van der Waals surface area (Å²) >= 11 is 0. The zero-order valence-corrected chi connectivity index (χ0v) is 9.28. The van der Waals surface area contributed by atoms with Crippen molar-refractivity contribution in [2.45, 2.75) is 19.3 Å². The summed E-state index contributed by atoms with van der Waals surface area (Å²) < 4.78 is 13.6. The minimum atomic E-state index is -0.315. The van der Waals surface area contributed by atoms with Gasteiger partial charge in [-0.15, -0.1) is 0 Å². The third-order valence-corrected chi connectivity index (χ3v) is 3.08. The molecule has 3 nitrogen and oxygen atoms in total. The predicted octanol–water partition coefficient (Wildman–Crippen LogP) is 2.35. The summed E-state index contributed by atoms with van der Waals surface area (Å²) in [6, 6.07) is 6.49. The van der Waals surface area contributed by atoms with Crippen LogP contribution in [0.4, 0.5) is 10.2 Å². The molecule has 0 aliphatic heterocycles. The molecule has 0 atom stereocenters. The van der Waals surface area contributed by atoms with Gasteiger partial charge in [-0.1, -0.05) is 12.1 Å². The smallest absolute Gasteiger partial charge is 0.164 e. The van der Waals surface area contributed by atoms with Crippen molar-refractivity contribution < 1.29 is 4.39 Å². The van der Waals surface area contributed by atoms with E-state index in [0.29, 0.717) is 17.2 Å². The maximum atomic E-state index is 13.6. The predicted molar refractivity (Wildman–Crippen MR) is 63.9 cm³/mol. The van der Waals surface area contributed by atoms with Crippen LogP contribution in [0.5, 0.6) is 0 Å². The second-order valence-corrected chi connectivity index (χ2v) is 4.19. The van der Waals surface area contributed by atoms with E-state index < -0.39 is 0 Å². The first kappa shape index (κ1) is 10.2. The Morgan fingerprint density at radius 1 is 1.12 bits per heavy atom. The highest BCUT2D eigenvalue weighted by atomic mass is 19.1. The van der Waals surface area contributed by atoms with E-state index in [2.05, 4.69) is 9.97 Å². The van der Waals surface area contributed by atoms with Crippen LogP contribution in [-0.2, 0) is 12.8 Å². The van der Waals surface area contributed by atoms with Crippen molar-refractivity contribution in [2.24, 2.45) is 0 Å². The maximum absolute atomic E-state index is 13.6. The van der Waals surface area contributed by atoms with E-state index in [9.17, 15) is 4.39 Å². The Kier molecular flexibility index (Phi) is 2.28. The molecule has 0 saturated carbocycles. The lowest BCUT2D eigenvalue weighted by Gasteiger charge is -2.07. The van der Waals surface area contributed by atoms with Crippen molar-refractivity contribution in [3.8, 4) is 11.4 Å². The van der Waals surface area contributed by atoms with E-state index in [1.165, 1.54) is 6.07 Å². The second-order valence-electron chi connectivity index (χ2n) is 4.19. The van der Waals surface area contributed by atoms with Gasteiger partial charge in [0.2, 0.25) is 0 Å². The molecular formula is C13H12FN3. The quantitative estimate of drug-likeness (QED) is 0.816. The third-order valence-electron chi connectivity index (χ3n) is 3.08. The van der Waals surface area contributed by atoms with Crippen molar-refractivity contribution in [2.75, 3.05) is 5.73 Å². The number of benzene rings is 1. The highest BCUT2D eigenvalue weighted by Gasteiger charge is 2.19. The number of halogens is 1. The van der Waals surface area contributed by atoms with Crippen LogP contribution in [-0.4, -0.2) is 9.97 Å². The average molecular weight is 229 g/mol. The Labute approximate surface area is 98.5 Å². The Bertz CT molecular complexity index is 581. The summed E-state index contributed by atoms with van der Waals surface area (Å²) in [4.78, 5) is 8.62. The van der Waals surface area contributed by atoms with Crippen molar-refractivity contribution in [1.82, 2.24) is 9.97 Å². The van der Waals surface area contributed by atoms with Gasteiger partial charge in [-0.25, -0.2) is 14.4 Å². The zero-order valence-electron chi connectivity index (χ0n) is 9.28. The molecule has 2 N–H and O–H groups in total. The number of nitrogen functional groups attached to an aromatic ring is 1. The van der Waals surface area contributed by atoms with Crippen LogP contribution in [0.1, 0.15) is 17.7 Å². The molecule has 1 heterocycles. The molecule has 0 radical (unpaired) electrons. The van der Waals surface area contributed by atoms with Gasteiger partial charge in [0.05, 0.1) is 5.56 Å². The number of hydrogen-bond acceptors (Lipinski definition) is 3. The minimum Gasteiger partial charge on any atom is -0.383 e. The lowest BCUT2D eigenvalue weighted by molar-refractivity contribution is 0.630. The Morgan fingerprint density at radius 2 is 1.94 bits per heavy atom. The number of nitrogens with two attached hydrogens (primary N) is 1. The lowest BCUT2D eigenvalue weighted by Crippen LogP contribution is -2.03. The molecule has 0 spiro atoms. The van der Waals surface area contributed by atoms with Gasteiger partial charge in [0.1, 0.15) is 11.6 Å². The highest BCUT2D eigenvalue weighted by Crippen LogP contribution is 2.28. The van der Waals surface area contributed by atoms with Crippen LogP contribution in [0.3, 0.4) is 0 Å². The van der Waals surface area contributed by atoms with Gasteiger partial charge in [-0.05, 0) is 31.4 Å². The molecule has 1 aromatic heterocycles. The Morgan fingerprint density at radius 3 is 2.76 bits per heavy atom. The third kappa shape index (κ3) is 1.65. The molecule has 0 fully saturated rings. The summed E-state index contributed by atoms with van der Waals surface area (Å²) in [5.41, 5.74) is 8.30. The Hall–Kier alpha value is -1.97. The van der Waals surface area contributed by atoms with Gasteiger partial charge < -0.3 is 5.73 Å². The first-order valence-electron chi connectivity index (χ1n) is 5.66. The number of rotatable bonds is 1. The van der Waals surface area contributed by atoms with Crippen molar-refractivity contribution in [3.05, 3.63) is 41.3 Å². The number of fused-ring (bicyclic) bond motifs is 1. The van der Waals surface area contributed by atoms with Crippen LogP contribution in [0.15, 0.2) is 24.3 Å². The standard InChI is InChI=1S/C13H12FN3/c14-10-6-2-1-4-8(10)13-16-11-7-3-5-9(11)12(15)17-13/h1-2,4,6H,3,5,7H2,(H2,15,16,17). The normalized spacial score (nSPS) is 13.7. The molecule has 0 amide bonds. The zero-order chi connectivity index (χ0) is 11.8. The molecular weight excluding hydrogens is 217 g/mol. The van der Waals surface area contributed by atoms with Gasteiger partial charge in [0.15, 0.2) is 5.82 Å². The fraction of sp³-hybridized carbons (Fsp3) is 0.231. The SMILES string of the molecule is Nc1nc(-c2ccccc2F)nc2c1CCC2. The fourth-order valence-electron chi connectivity index (χ4n) is 2.22. The average Bonchev–Trinajstić information content (AvgIpc) is 2.78. The van der Waals surface area contributed by atoms with Crippen LogP contribution in [0.2, 0.25) is 0 Å². The molecule has 17 heavy (non-hydrogen) atoms. The topological polar surface area (TPSA) is 51.8 Å². The van der Waals surface area contributed by atoms with E-state index in [1.807, 2.05) is 0 Å². The number of aromatic nitrogens is 2. The summed E-state index contributed by atoms with van der Waals surface area (Å²) in [5, 5.41) is 0. The van der Waals surface area contributed by atoms with Crippen LogP contribution in [0, 0.1) is 5.82 Å². The number of anilines is 1. The molecule has 4 heteroatoms. The van der Waals surface area contributed by atoms with E-state index in [-0.39, 0.29) is 5.82 Å². The van der Waals surface area contributed by atoms with Gasteiger partial charge in [0, 0.05) is 11.3 Å². The molecule has 0 unspecified atom stereocenters. The fourth-order valence-corrected chi connectivity index (χ4v) is 2.22. The number of hydrogen-bond donors (Lipinski definition) is 1. The van der Waals surface area contributed by atoms with Crippen molar-refractivity contribution >= 4 is 5.82 Å². The summed E-state index contributed by atoms with van der Waals surface area (Å²) in [5.74, 6) is 0.567. The summed E-state index contributed by atoms with van der Waals surface area (Å²) in [6.07, 6.45) is 2.89. The number of nitrogens with zero attached hydrogens (tertiary/aromatic N) is 2. The molecule has 0 saturated heterocycles. The molecule has 1 aliphatic rings. The first-order chi connectivity index (χ1) is 8.25. The molecule has 3 rings (SSSR count). The van der Waals surface area contributed by atoms with Crippen molar-refractivity contribution in [1.29, 1.82) is 0 Å². The van der Waals surface area contributed by atoms with Gasteiger partial charge in [-0.2, -0.15) is 0 Å². The monoisotopic (exact) mass is 229 g/mol. The summed E-state index contributed by atoms with van der Waals surface area (Å²) in [7, 11) is 0. The van der Waals surface area contributed by atoms with Crippen LogP contribution in [0.25, 0.3) is 11.4 Å². The molecule has 1 aromatic carbocycles. The minimum absolute atomic E-state index is 0.315. The molecule has 2 aromatic rings. The Balaban J connectivity index is 2.17. The molecule has 1 aliphatic carbocycles. The first-order valence-corrected chi connectivity index (χ1v) is 5.66. The highest BCUT2D eigenvalue weighted by molar-refractivity contribution is 5.60. The van der Waals surface area contributed by atoms with Crippen molar-refractivity contribution in [3.63, 3.8) is 0 Å². The van der Waals surface area contributed by atoms with Gasteiger partial charge in [-0.3, -0.25) is 0 Å². The van der Waals surface area contributed by atoms with Gasteiger partial charge in [0.25, 0.3) is 0 Å². The largest absolute Gasteiger partial charge is 0.383 e. The van der Waals surface area contributed by atoms with E-state index in [4.69, 9.17) is 5.73 Å². The molecule has 86 valence electrons. The number of aryl methyl sites for hydroxylation is 1. The second kappa shape index (κ2) is 3.80. The van der Waals surface area contributed by atoms with Crippen LogP contribution >= 0.6 is 0 Å². The molecule has 0 bridgehead atoms. The van der Waals surface area contributed by atoms with E-state index >= 15 is 0 Å². The lowest BCUT2D eigenvalue weighted by atomic mass is 10.1.